The fourth-order valence-electron chi connectivity index (χ4n) is 5.52. The van der Waals surface area contributed by atoms with Crippen LogP contribution in [-0.4, -0.2) is 50.9 Å². The van der Waals surface area contributed by atoms with Gasteiger partial charge in [0, 0.05) is 12.6 Å². The molecular formula is C33H41N3O5S. The maximum atomic E-state index is 14.3. The Morgan fingerprint density at radius 2 is 1.64 bits per heavy atom. The number of methoxy groups -OCH3 is 1. The van der Waals surface area contributed by atoms with Gasteiger partial charge in [-0.3, -0.25) is 13.9 Å². The number of hydrogen-bond donors (Lipinski definition) is 1. The topological polar surface area (TPSA) is 96.0 Å². The van der Waals surface area contributed by atoms with Crippen LogP contribution in [0.25, 0.3) is 0 Å². The molecule has 1 saturated carbocycles. The van der Waals surface area contributed by atoms with Crippen molar-refractivity contribution in [3.63, 3.8) is 0 Å². The number of hydrogen-bond acceptors (Lipinski definition) is 5. The number of anilines is 1. The normalized spacial score (nSPS) is 14.3. The minimum Gasteiger partial charge on any atom is -0.495 e. The van der Waals surface area contributed by atoms with E-state index in [9.17, 15) is 18.0 Å². The highest BCUT2D eigenvalue weighted by atomic mass is 32.2. The van der Waals surface area contributed by atoms with Gasteiger partial charge in [-0.05, 0) is 68.5 Å². The summed E-state index contributed by atoms with van der Waals surface area (Å²) in [5.41, 5.74) is 2.96. The predicted octanol–water partition coefficient (Wildman–Crippen LogP) is 5.37. The number of nitrogens with zero attached hydrogens (tertiary/aromatic N) is 2. The van der Waals surface area contributed by atoms with Gasteiger partial charge in [0.15, 0.2) is 0 Å². The highest BCUT2D eigenvalue weighted by Gasteiger charge is 2.35. The van der Waals surface area contributed by atoms with Crippen molar-refractivity contribution < 1.29 is 22.7 Å². The van der Waals surface area contributed by atoms with Crippen molar-refractivity contribution in [1.82, 2.24) is 10.2 Å². The molecule has 224 valence electrons. The Labute approximate surface area is 249 Å². The molecule has 9 heteroatoms. The van der Waals surface area contributed by atoms with E-state index in [0.717, 1.165) is 46.7 Å². The second-order valence-electron chi connectivity index (χ2n) is 10.9. The molecule has 0 saturated heterocycles. The van der Waals surface area contributed by atoms with E-state index >= 15 is 0 Å². The van der Waals surface area contributed by atoms with E-state index in [1.165, 1.54) is 24.1 Å². The lowest BCUT2D eigenvalue weighted by atomic mass is 10.1. The predicted molar refractivity (Wildman–Crippen MR) is 165 cm³/mol. The van der Waals surface area contributed by atoms with Crippen LogP contribution in [0.1, 0.15) is 55.7 Å². The number of ether oxygens (including phenoxy) is 1. The second kappa shape index (κ2) is 13.9. The molecule has 1 atom stereocenters. The number of rotatable bonds is 12. The van der Waals surface area contributed by atoms with Crippen LogP contribution >= 0.6 is 0 Å². The molecule has 0 aromatic heterocycles. The van der Waals surface area contributed by atoms with Crippen LogP contribution in [-0.2, 0) is 26.2 Å². The molecule has 0 heterocycles. The van der Waals surface area contributed by atoms with Gasteiger partial charge in [0.25, 0.3) is 10.0 Å². The summed E-state index contributed by atoms with van der Waals surface area (Å²) in [4.78, 5) is 29.5. The van der Waals surface area contributed by atoms with Crippen molar-refractivity contribution >= 4 is 27.5 Å². The Kier molecular flexibility index (Phi) is 10.3. The summed E-state index contributed by atoms with van der Waals surface area (Å²) in [6.45, 7) is 5.36. The quantitative estimate of drug-likeness (QED) is 0.305. The molecule has 0 unspecified atom stereocenters. The highest BCUT2D eigenvalue weighted by molar-refractivity contribution is 7.92. The van der Waals surface area contributed by atoms with Crippen LogP contribution in [0.15, 0.2) is 77.7 Å². The molecule has 0 spiro atoms. The first kappa shape index (κ1) is 31.1. The van der Waals surface area contributed by atoms with Crippen LogP contribution in [0.4, 0.5) is 5.69 Å². The summed E-state index contributed by atoms with van der Waals surface area (Å²) in [7, 11) is -2.71. The van der Waals surface area contributed by atoms with Gasteiger partial charge in [-0.2, -0.15) is 0 Å². The van der Waals surface area contributed by atoms with Gasteiger partial charge < -0.3 is 15.0 Å². The van der Waals surface area contributed by atoms with E-state index in [0.29, 0.717) is 12.2 Å². The molecule has 2 amide bonds. The van der Waals surface area contributed by atoms with Gasteiger partial charge in [0.2, 0.25) is 11.8 Å². The van der Waals surface area contributed by atoms with Gasteiger partial charge in [-0.1, -0.05) is 73.9 Å². The minimum atomic E-state index is -4.18. The number of amides is 2. The average Bonchev–Trinajstić information content (AvgIpc) is 3.49. The molecule has 0 bridgehead atoms. The zero-order valence-electron chi connectivity index (χ0n) is 24.9. The molecule has 0 radical (unpaired) electrons. The lowest BCUT2D eigenvalue weighted by molar-refractivity contribution is -0.140. The van der Waals surface area contributed by atoms with Crippen molar-refractivity contribution in [3.05, 3.63) is 89.5 Å². The number of carbonyl (C=O) groups excluding carboxylic acids is 2. The van der Waals surface area contributed by atoms with Crippen LogP contribution < -0.4 is 14.4 Å². The third kappa shape index (κ3) is 7.31. The number of nitrogens with one attached hydrogen (secondary N) is 1. The van der Waals surface area contributed by atoms with Crippen molar-refractivity contribution in [2.45, 2.75) is 76.4 Å². The smallest absolute Gasteiger partial charge is 0.264 e. The van der Waals surface area contributed by atoms with Crippen molar-refractivity contribution in [1.29, 1.82) is 0 Å². The summed E-state index contributed by atoms with van der Waals surface area (Å²) < 4.78 is 34.8. The maximum absolute atomic E-state index is 14.3. The van der Waals surface area contributed by atoms with Crippen LogP contribution in [0, 0.1) is 13.8 Å². The SMILES string of the molecule is CC[C@@H](C(=O)NC1CCCC1)N(Cc1cccc(C)c1)C(=O)CN(c1cc(C)ccc1OC)S(=O)(=O)c1ccccc1. The van der Waals surface area contributed by atoms with Crippen LogP contribution in [0.5, 0.6) is 5.75 Å². The summed E-state index contributed by atoms with van der Waals surface area (Å²) in [6, 6.07) is 20.3. The first-order chi connectivity index (χ1) is 20.1. The number of aryl methyl sites for hydroxylation is 2. The summed E-state index contributed by atoms with van der Waals surface area (Å²) in [6.07, 6.45) is 4.36. The van der Waals surface area contributed by atoms with Crippen LogP contribution in [0.3, 0.4) is 0 Å². The molecule has 8 nitrogen and oxygen atoms in total. The summed E-state index contributed by atoms with van der Waals surface area (Å²) >= 11 is 0. The molecule has 4 rings (SSSR count). The van der Waals surface area contributed by atoms with E-state index in [-0.39, 0.29) is 29.1 Å². The average molecular weight is 592 g/mol. The Hall–Kier alpha value is -3.85. The third-order valence-corrected chi connectivity index (χ3v) is 9.51. The van der Waals surface area contributed by atoms with E-state index in [1.54, 1.807) is 30.3 Å². The van der Waals surface area contributed by atoms with Gasteiger partial charge in [0.05, 0.1) is 17.7 Å². The van der Waals surface area contributed by atoms with Gasteiger partial charge >= 0.3 is 0 Å². The molecule has 3 aromatic carbocycles. The molecule has 1 fully saturated rings. The monoisotopic (exact) mass is 591 g/mol. The summed E-state index contributed by atoms with van der Waals surface area (Å²) in [5, 5.41) is 3.14. The standard InChI is InChI=1S/C33H41N3O5S/c1-5-29(33(38)34-27-14-9-10-15-27)35(22-26-13-11-12-24(2)20-26)32(37)23-36(30-21-25(3)18-19-31(30)41-4)42(39,40)28-16-7-6-8-17-28/h6-8,11-13,16-21,27,29H,5,9-10,14-15,22-23H2,1-4H3,(H,34,38)/t29-/m0/s1. The zero-order chi connectivity index (χ0) is 30.3. The van der Waals surface area contributed by atoms with E-state index in [1.807, 2.05) is 51.1 Å². The first-order valence-electron chi connectivity index (χ1n) is 14.5. The van der Waals surface area contributed by atoms with E-state index < -0.39 is 28.5 Å². The Bertz CT molecular complexity index is 1490. The fraction of sp³-hybridized carbons (Fsp3) is 0.394. The third-order valence-electron chi connectivity index (χ3n) is 7.74. The molecule has 1 N–H and O–H groups in total. The minimum absolute atomic E-state index is 0.0533. The van der Waals surface area contributed by atoms with Gasteiger partial charge in [-0.25, -0.2) is 8.42 Å². The maximum Gasteiger partial charge on any atom is 0.264 e. The summed E-state index contributed by atoms with van der Waals surface area (Å²) in [5.74, 6) is -0.367. The molecule has 1 aliphatic carbocycles. The lowest BCUT2D eigenvalue weighted by Crippen LogP contribution is -2.53. The Balaban J connectivity index is 1.76. The van der Waals surface area contributed by atoms with E-state index in [4.69, 9.17) is 4.74 Å². The molecule has 1 aliphatic rings. The number of benzene rings is 3. The van der Waals surface area contributed by atoms with Gasteiger partial charge in [-0.15, -0.1) is 0 Å². The largest absolute Gasteiger partial charge is 0.495 e. The van der Waals surface area contributed by atoms with Crippen LogP contribution in [0.2, 0.25) is 0 Å². The van der Waals surface area contributed by atoms with Crippen molar-refractivity contribution in [3.8, 4) is 5.75 Å². The number of carbonyl (C=O) groups is 2. The van der Waals surface area contributed by atoms with Crippen molar-refractivity contribution in [2.75, 3.05) is 18.0 Å². The lowest BCUT2D eigenvalue weighted by Gasteiger charge is -2.34. The highest BCUT2D eigenvalue weighted by Crippen LogP contribution is 2.34. The first-order valence-corrected chi connectivity index (χ1v) is 16.0. The molecule has 0 aliphatic heterocycles. The fourth-order valence-corrected chi connectivity index (χ4v) is 6.96. The van der Waals surface area contributed by atoms with Crippen molar-refractivity contribution in [2.24, 2.45) is 0 Å². The Morgan fingerprint density at radius 3 is 2.29 bits per heavy atom. The Morgan fingerprint density at radius 1 is 0.952 bits per heavy atom. The zero-order valence-corrected chi connectivity index (χ0v) is 25.7. The van der Waals surface area contributed by atoms with Gasteiger partial charge in [0.1, 0.15) is 18.3 Å². The van der Waals surface area contributed by atoms with E-state index in [2.05, 4.69) is 5.32 Å². The molecule has 42 heavy (non-hydrogen) atoms. The number of sulfonamides is 1. The molecule has 3 aromatic rings. The molecular weight excluding hydrogens is 550 g/mol. The second-order valence-corrected chi connectivity index (χ2v) is 12.8.